The Hall–Kier alpha value is -1.77. The van der Waals surface area contributed by atoms with Crippen molar-refractivity contribution in [2.24, 2.45) is 8.73 Å². The van der Waals surface area contributed by atoms with Gasteiger partial charge in [0.1, 0.15) is 17.1 Å². The number of rotatable bonds is 4. The predicted octanol–water partition coefficient (Wildman–Crippen LogP) is 3.32. The van der Waals surface area contributed by atoms with Gasteiger partial charge in [0, 0.05) is 6.42 Å². The molecule has 10 heteroatoms. The van der Waals surface area contributed by atoms with E-state index in [1.54, 1.807) is 12.3 Å². The number of carboxylic acids is 1. The molecule has 0 aliphatic carbocycles. The van der Waals surface area contributed by atoms with Crippen LogP contribution in [0.2, 0.25) is 10.0 Å². The van der Waals surface area contributed by atoms with Crippen molar-refractivity contribution in [1.82, 2.24) is 15.0 Å². The Labute approximate surface area is 132 Å². The Morgan fingerprint density at radius 1 is 1.29 bits per heavy atom. The molecular weight excluding hydrogens is 337 g/mol. The van der Waals surface area contributed by atoms with Gasteiger partial charge in [0.15, 0.2) is 0 Å². The zero-order valence-corrected chi connectivity index (χ0v) is 12.7. The molecule has 0 amide bonds. The molecule has 2 aromatic rings. The largest absolute Gasteiger partial charge is 0.481 e. The quantitative estimate of drug-likeness (QED) is 0.786. The van der Waals surface area contributed by atoms with E-state index in [-0.39, 0.29) is 6.42 Å². The van der Waals surface area contributed by atoms with E-state index >= 15 is 0 Å². The third kappa shape index (κ3) is 2.69. The van der Waals surface area contributed by atoms with Crippen LogP contribution in [0.1, 0.15) is 12.1 Å². The molecule has 1 aromatic carbocycles. The molecule has 0 fully saturated rings. The highest BCUT2D eigenvalue weighted by molar-refractivity contribution is 7.58. The molecule has 1 aromatic heterocycles. The molecule has 0 spiro atoms. The lowest BCUT2D eigenvalue weighted by Crippen LogP contribution is -1.98. The number of benzene rings is 1. The highest BCUT2D eigenvalue weighted by atomic mass is 35.5. The van der Waals surface area contributed by atoms with Gasteiger partial charge in [-0.3, -0.25) is 4.79 Å². The molecule has 0 bridgehead atoms. The number of aliphatic carboxylic acids is 1. The molecule has 3 rings (SSSR count). The van der Waals surface area contributed by atoms with Gasteiger partial charge < -0.3 is 5.11 Å². The summed E-state index contributed by atoms with van der Waals surface area (Å²) in [5.74, 6) is -0.889. The Kier molecular flexibility index (Phi) is 3.75. The molecule has 7 nitrogen and oxygen atoms in total. The second-order valence-corrected chi connectivity index (χ2v) is 5.54. The molecule has 21 heavy (non-hydrogen) atoms. The van der Waals surface area contributed by atoms with Crippen LogP contribution in [0.4, 0.5) is 11.4 Å². The second kappa shape index (κ2) is 5.55. The number of hydrogen-bond acceptors (Lipinski definition) is 5. The van der Waals surface area contributed by atoms with Crippen molar-refractivity contribution < 1.29 is 9.90 Å². The van der Waals surface area contributed by atoms with Gasteiger partial charge >= 0.3 is 5.97 Å². The van der Waals surface area contributed by atoms with Crippen LogP contribution in [-0.2, 0) is 22.6 Å². The third-order valence-electron chi connectivity index (χ3n) is 2.78. The van der Waals surface area contributed by atoms with Crippen molar-refractivity contribution in [3.8, 4) is 5.69 Å². The van der Waals surface area contributed by atoms with Gasteiger partial charge in [-0.05, 0) is 6.07 Å². The van der Waals surface area contributed by atoms with E-state index in [9.17, 15) is 4.79 Å². The van der Waals surface area contributed by atoms with E-state index in [1.807, 2.05) is 0 Å². The summed E-state index contributed by atoms with van der Waals surface area (Å²) in [7, 11) is 0. The Bertz CT molecular complexity index is 813. The summed E-state index contributed by atoms with van der Waals surface area (Å²) in [6.07, 6.45) is 1.90. The first-order valence-corrected chi connectivity index (χ1v) is 7.28. The van der Waals surface area contributed by atoms with E-state index < -0.39 is 5.97 Å². The normalized spacial score (nSPS) is 12.3. The van der Waals surface area contributed by atoms with Crippen molar-refractivity contribution in [2.75, 3.05) is 0 Å². The van der Waals surface area contributed by atoms with Gasteiger partial charge in [-0.2, -0.15) is 8.73 Å². The molecule has 1 aliphatic rings. The number of hydrogen-bond donors (Lipinski definition) is 1. The predicted molar refractivity (Wildman–Crippen MR) is 78.9 cm³/mol. The van der Waals surface area contributed by atoms with Crippen LogP contribution in [0.25, 0.3) is 5.69 Å². The van der Waals surface area contributed by atoms with E-state index in [0.29, 0.717) is 39.2 Å². The highest BCUT2D eigenvalue weighted by Crippen LogP contribution is 2.45. The van der Waals surface area contributed by atoms with Crippen LogP contribution >= 0.6 is 23.2 Å². The van der Waals surface area contributed by atoms with Gasteiger partial charge in [-0.1, -0.05) is 28.4 Å². The van der Waals surface area contributed by atoms with Crippen molar-refractivity contribution in [1.29, 1.82) is 0 Å². The fourth-order valence-corrected chi connectivity index (χ4v) is 3.03. The molecule has 1 aliphatic heterocycles. The maximum atomic E-state index is 10.6. The highest BCUT2D eigenvalue weighted by Gasteiger charge is 2.21. The lowest BCUT2D eigenvalue weighted by molar-refractivity contribution is -0.136. The summed E-state index contributed by atoms with van der Waals surface area (Å²) < 4.78 is 9.75. The molecule has 2 heterocycles. The lowest BCUT2D eigenvalue weighted by atomic mass is 10.2. The van der Waals surface area contributed by atoms with Crippen LogP contribution in [0.3, 0.4) is 0 Å². The standard InChI is InChI=1S/C11H7Cl2N5O2S/c12-6-3-7(13)11(10-9(6)15-21-16-10)18-4-5(14-17-18)1-2-8(19)20/h3-4H,1-2H2,(H,19,20). The van der Waals surface area contributed by atoms with E-state index in [2.05, 4.69) is 19.0 Å². The first-order chi connectivity index (χ1) is 10.1. The summed E-state index contributed by atoms with van der Waals surface area (Å²) in [5.41, 5.74) is 2.16. The smallest absolute Gasteiger partial charge is 0.303 e. The average molecular weight is 344 g/mol. The number of carbonyl (C=O) groups is 1. The minimum atomic E-state index is -0.889. The molecular formula is C11H7Cl2N5O2S. The molecule has 0 saturated heterocycles. The van der Waals surface area contributed by atoms with Gasteiger partial charge in [-0.15, -0.1) is 5.10 Å². The van der Waals surface area contributed by atoms with E-state index in [4.69, 9.17) is 28.3 Å². The second-order valence-electron chi connectivity index (χ2n) is 4.20. The topological polar surface area (TPSA) is 92.7 Å². The third-order valence-corrected chi connectivity index (χ3v) is 3.89. The van der Waals surface area contributed by atoms with E-state index in [0.717, 1.165) is 11.4 Å². The maximum absolute atomic E-state index is 10.6. The fourth-order valence-electron chi connectivity index (χ4n) is 1.84. The van der Waals surface area contributed by atoms with Crippen molar-refractivity contribution in [3.05, 3.63) is 28.0 Å². The maximum Gasteiger partial charge on any atom is 0.303 e. The fraction of sp³-hybridized carbons (Fsp3) is 0.182. The zero-order chi connectivity index (χ0) is 15.0. The summed E-state index contributed by atoms with van der Waals surface area (Å²) in [6.45, 7) is 0. The van der Waals surface area contributed by atoms with E-state index in [1.165, 1.54) is 4.68 Å². The SMILES string of the molecule is O=C(O)CCc1cn(-c2c(Cl)cc(Cl)c3c2N=S=N3)nn1. The van der Waals surface area contributed by atoms with Gasteiger partial charge in [-0.25, -0.2) is 4.68 Å². The molecule has 0 atom stereocenters. The zero-order valence-electron chi connectivity index (χ0n) is 10.3. The van der Waals surface area contributed by atoms with Crippen LogP contribution in [0.15, 0.2) is 21.0 Å². The molecule has 108 valence electrons. The number of halogens is 2. The van der Waals surface area contributed by atoms with Crippen molar-refractivity contribution >= 4 is 51.9 Å². The van der Waals surface area contributed by atoms with Gasteiger partial charge in [0.05, 0.1) is 39.7 Å². The first kappa shape index (κ1) is 14.2. The molecule has 0 saturated carbocycles. The summed E-state index contributed by atoms with van der Waals surface area (Å²) >= 11 is 13.3. The monoisotopic (exact) mass is 343 g/mol. The van der Waals surface area contributed by atoms with Gasteiger partial charge in [0.2, 0.25) is 0 Å². The van der Waals surface area contributed by atoms with Crippen LogP contribution in [0, 0.1) is 0 Å². The minimum absolute atomic E-state index is 0.0132. The number of aryl methyl sites for hydroxylation is 1. The van der Waals surface area contributed by atoms with Gasteiger partial charge in [0.25, 0.3) is 0 Å². The average Bonchev–Trinajstić information content (AvgIpc) is 3.05. The molecule has 0 radical (unpaired) electrons. The summed E-state index contributed by atoms with van der Waals surface area (Å²) in [4.78, 5) is 10.6. The van der Waals surface area contributed by atoms with Crippen molar-refractivity contribution in [3.63, 3.8) is 0 Å². The molecule has 1 N–H and O–H groups in total. The van der Waals surface area contributed by atoms with Crippen molar-refractivity contribution in [2.45, 2.75) is 12.8 Å². The molecule has 0 unspecified atom stereocenters. The number of nitrogens with zero attached hydrogens (tertiary/aromatic N) is 5. The lowest BCUT2D eigenvalue weighted by Gasteiger charge is -2.08. The number of carboxylic acid groups (broad SMARTS) is 1. The van der Waals surface area contributed by atoms with Crippen LogP contribution < -0.4 is 0 Å². The van der Waals surface area contributed by atoms with Crippen LogP contribution in [-0.4, -0.2) is 26.1 Å². The summed E-state index contributed by atoms with van der Waals surface area (Å²) in [6, 6.07) is 1.57. The Balaban J connectivity index is 2.00. The Morgan fingerprint density at radius 2 is 2.05 bits per heavy atom. The summed E-state index contributed by atoms with van der Waals surface area (Å²) in [5, 5.41) is 17.4. The number of aromatic nitrogens is 3. The van der Waals surface area contributed by atoms with Crippen LogP contribution in [0.5, 0.6) is 0 Å². The first-order valence-electron chi connectivity index (χ1n) is 5.80. The number of fused-ring (bicyclic) bond motifs is 1. The Morgan fingerprint density at radius 3 is 2.81 bits per heavy atom. The minimum Gasteiger partial charge on any atom is -0.481 e.